The maximum absolute atomic E-state index is 11.3. The van der Waals surface area contributed by atoms with Gasteiger partial charge in [0.05, 0.1) is 18.5 Å². The number of nitrogens with one attached hydrogen (secondary N) is 1. The minimum atomic E-state index is -0.103. The molecule has 1 N–H and O–H groups in total. The van der Waals surface area contributed by atoms with Gasteiger partial charge in [0.15, 0.2) is 5.65 Å². The second-order valence-corrected chi connectivity index (χ2v) is 6.71. The van der Waals surface area contributed by atoms with Crippen LogP contribution in [0.5, 0.6) is 5.88 Å². The standard InChI is InChI=1S/C20H25N5O2/c1-15(26)22-17-8-6-7-16(13-17)18-14-21-19-9-10-20(23-25(18)19)27-12-5-4-11-24(2)3/h6-10,13-14H,4-5,11-12H2,1-3H3,(H,22,26). The van der Waals surface area contributed by atoms with Crippen LogP contribution in [-0.4, -0.2) is 52.7 Å². The third kappa shape index (κ3) is 5.04. The Hall–Kier alpha value is -2.93. The number of carbonyl (C=O) groups is 1. The number of hydrogen-bond acceptors (Lipinski definition) is 5. The van der Waals surface area contributed by atoms with Crippen molar-refractivity contribution in [3.63, 3.8) is 0 Å². The summed E-state index contributed by atoms with van der Waals surface area (Å²) in [6, 6.07) is 11.3. The first-order chi connectivity index (χ1) is 13.0. The normalized spacial score (nSPS) is 11.1. The van der Waals surface area contributed by atoms with E-state index in [1.54, 1.807) is 10.7 Å². The van der Waals surface area contributed by atoms with E-state index in [4.69, 9.17) is 4.74 Å². The second-order valence-electron chi connectivity index (χ2n) is 6.71. The highest BCUT2D eigenvalue weighted by Gasteiger charge is 2.09. The Morgan fingerprint density at radius 2 is 2.07 bits per heavy atom. The van der Waals surface area contributed by atoms with E-state index in [0.717, 1.165) is 42.0 Å². The number of nitrogens with zero attached hydrogens (tertiary/aromatic N) is 4. The second kappa shape index (κ2) is 8.64. The summed E-state index contributed by atoms with van der Waals surface area (Å²) in [6.45, 7) is 3.17. The molecular formula is C20H25N5O2. The van der Waals surface area contributed by atoms with Crippen molar-refractivity contribution in [1.29, 1.82) is 0 Å². The number of anilines is 1. The minimum Gasteiger partial charge on any atom is -0.477 e. The number of aromatic nitrogens is 3. The van der Waals surface area contributed by atoms with Crippen LogP contribution in [-0.2, 0) is 4.79 Å². The number of imidazole rings is 1. The summed E-state index contributed by atoms with van der Waals surface area (Å²) >= 11 is 0. The Balaban J connectivity index is 1.76. The summed E-state index contributed by atoms with van der Waals surface area (Å²) in [5.74, 6) is 0.470. The van der Waals surface area contributed by atoms with Crippen molar-refractivity contribution in [3.05, 3.63) is 42.6 Å². The Labute approximate surface area is 159 Å². The molecule has 0 saturated carbocycles. The number of unbranched alkanes of at least 4 members (excludes halogenated alkanes) is 1. The van der Waals surface area contributed by atoms with Crippen LogP contribution in [0.4, 0.5) is 5.69 Å². The van der Waals surface area contributed by atoms with Crippen molar-refractivity contribution in [1.82, 2.24) is 19.5 Å². The number of amides is 1. The van der Waals surface area contributed by atoms with E-state index in [-0.39, 0.29) is 5.91 Å². The molecule has 0 bridgehead atoms. The van der Waals surface area contributed by atoms with E-state index in [2.05, 4.69) is 34.4 Å². The van der Waals surface area contributed by atoms with E-state index in [9.17, 15) is 4.79 Å². The van der Waals surface area contributed by atoms with Crippen molar-refractivity contribution >= 4 is 17.2 Å². The Kier molecular flexibility index (Phi) is 6.03. The number of carbonyl (C=O) groups excluding carboxylic acids is 1. The molecule has 0 spiro atoms. The number of benzene rings is 1. The lowest BCUT2D eigenvalue weighted by molar-refractivity contribution is -0.114. The van der Waals surface area contributed by atoms with Crippen molar-refractivity contribution in [3.8, 4) is 17.1 Å². The lowest BCUT2D eigenvalue weighted by Crippen LogP contribution is -2.14. The lowest BCUT2D eigenvalue weighted by Gasteiger charge is -2.10. The summed E-state index contributed by atoms with van der Waals surface area (Å²) in [5, 5.41) is 7.37. The molecule has 1 aromatic carbocycles. The highest BCUT2D eigenvalue weighted by atomic mass is 16.5. The van der Waals surface area contributed by atoms with Gasteiger partial charge in [0.2, 0.25) is 11.8 Å². The molecule has 0 fully saturated rings. The van der Waals surface area contributed by atoms with E-state index in [1.807, 2.05) is 36.4 Å². The summed E-state index contributed by atoms with van der Waals surface area (Å²) in [7, 11) is 4.13. The molecule has 0 radical (unpaired) electrons. The minimum absolute atomic E-state index is 0.103. The third-order valence-corrected chi connectivity index (χ3v) is 4.07. The Morgan fingerprint density at radius 3 is 2.85 bits per heavy atom. The average Bonchev–Trinajstić information content (AvgIpc) is 3.04. The molecule has 0 atom stereocenters. The van der Waals surface area contributed by atoms with Crippen molar-refractivity contribution in [2.45, 2.75) is 19.8 Å². The predicted molar refractivity (Wildman–Crippen MR) is 106 cm³/mol. The smallest absolute Gasteiger partial charge is 0.231 e. The van der Waals surface area contributed by atoms with Crippen LogP contribution < -0.4 is 10.1 Å². The quantitative estimate of drug-likeness (QED) is 0.620. The fourth-order valence-electron chi connectivity index (χ4n) is 2.80. The van der Waals surface area contributed by atoms with Crippen molar-refractivity contribution in [2.24, 2.45) is 0 Å². The average molecular weight is 367 g/mol. The summed E-state index contributed by atoms with van der Waals surface area (Å²) < 4.78 is 7.56. The fourth-order valence-corrected chi connectivity index (χ4v) is 2.80. The number of rotatable bonds is 8. The lowest BCUT2D eigenvalue weighted by atomic mass is 10.1. The van der Waals surface area contributed by atoms with Gasteiger partial charge in [-0.1, -0.05) is 12.1 Å². The molecule has 0 aliphatic heterocycles. The molecule has 3 rings (SSSR count). The van der Waals surface area contributed by atoms with Gasteiger partial charge in [-0.05, 0) is 51.7 Å². The van der Waals surface area contributed by atoms with Gasteiger partial charge in [0, 0.05) is 24.2 Å². The molecule has 142 valence electrons. The zero-order valence-electron chi connectivity index (χ0n) is 16.0. The van der Waals surface area contributed by atoms with Crippen LogP contribution in [0.1, 0.15) is 19.8 Å². The molecule has 7 heteroatoms. The third-order valence-electron chi connectivity index (χ3n) is 4.07. The molecule has 3 aromatic rings. The molecule has 0 saturated heterocycles. The maximum atomic E-state index is 11.3. The van der Waals surface area contributed by atoms with E-state index in [0.29, 0.717) is 12.5 Å². The molecule has 7 nitrogen and oxygen atoms in total. The van der Waals surface area contributed by atoms with E-state index >= 15 is 0 Å². The van der Waals surface area contributed by atoms with Gasteiger partial charge in [0.1, 0.15) is 0 Å². The predicted octanol–water partition coefficient (Wildman–Crippen LogP) is 3.08. The van der Waals surface area contributed by atoms with Gasteiger partial charge in [-0.2, -0.15) is 0 Å². The topological polar surface area (TPSA) is 71.8 Å². The highest BCUT2D eigenvalue weighted by Crippen LogP contribution is 2.24. The van der Waals surface area contributed by atoms with Gasteiger partial charge >= 0.3 is 0 Å². The van der Waals surface area contributed by atoms with Crippen molar-refractivity contribution < 1.29 is 9.53 Å². The van der Waals surface area contributed by atoms with E-state index < -0.39 is 0 Å². The van der Waals surface area contributed by atoms with Crippen LogP contribution in [0.3, 0.4) is 0 Å². The first-order valence-electron chi connectivity index (χ1n) is 9.03. The van der Waals surface area contributed by atoms with Crippen LogP contribution in [0.25, 0.3) is 16.9 Å². The number of hydrogen-bond donors (Lipinski definition) is 1. The zero-order chi connectivity index (χ0) is 19.2. The van der Waals surface area contributed by atoms with Gasteiger partial charge in [-0.15, -0.1) is 5.10 Å². The largest absolute Gasteiger partial charge is 0.477 e. The first kappa shape index (κ1) is 18.8. The highest BCUT2D eigenvalue weighted by molar-refractivity contribution is 5.89. The molecule has 1 amide bonds. The Morgan fingerprint density at radius 1 is 1.22 bits per heavy atom. The number of ether oxygens (including phenoxy) is 1. The van der Waals surface area contributed by atoms with Crippen LogP contribution in [0.2, 0.25) is 0 Å². The van der Waals surface area contributed by atoms with Crippen LogP contribution in [0, 0.1) is 0 Å². The van der Waals surface area contributed by atoms with Gasteiger partial charge in [0.25, 0.3) is 0 Å². The van der Waals surface area contributed by atoms with Gasteiger partial charge in [-0.3, -0.25) is 4.79 Å². The van der Waals surface area contributed by atoms with Crippen molar-refractivity contribution in [2.75, 3.05) is 32.6 Å². The van der Waals surface area contributed by atoms with Crippen LogP contribution in [0.15, 0.2) is 42.6 Å². The molecule has 2 aromatic heterocycles. The van der Waals surface area contributed by atoms with E-state index in [1.165, 1.54) is 6.92 Å². The van der Waals surface area contributed by atoms with Crippen LogP contribution >= 0.6 is 0 Å². The molecule has 0 aliphatic carbocycles. The number of fused-ring (bicyclic) bond motifs is 1. The maximum Gasteiger partial charge on any atom is 0.231 e. The molecule has 0 unspecified atom stereocenters. The van der Waals surface area contributed by atoms with Gasteiger partial charge < -0.3 is 15.0 Å². The summed E-state index contributed by atoms with van der Waals surface area (Å²) in [4.78, 5) is 17.9. The SMILES string of the molecule is CC(=O)Nc1cccc(-c2cnc3ccc(OCCCCN(C)C)nn23)c1. The molecule has 27 heavy (non-hydrogen) atoms. The fraction of sp³-hybridized carbons (Fsp3) is 0.350. The summed E-state index contributed by atoms with van der Waals surface area (Å²) in [5.41, 5.74) is 3.25. The molecular weight excluding hydrogens is 342 g/mol. The monoisotopic (exact) mass is 367 g/mol. The first-order valence-corrected chi connectivity index (χ1v) is 9.03. The van der Waals surface area contributed by atoms with Gasteiger partial charge in [-0.25, -0.2) is 9.50 Å². The molecule has 2 heterocycles. The Bertz CT molecular complexity index is 920. The zero-order valence-corrected chi connectivity index (χ0v) is 16.0. The summed E-state index contributed by atoms with van der Waals surface area (Å²) in [6.07, 6.45) is 3.84. The molecule has 0 aliphatic rings.